The van der Waals surface area contributed by atoms with Gasteiger partial charge in [-0.25, -0.2) is 18.7 Å². The molecule has 18 rings (SSSR count). The Morgan fingerprint density at radius 2 is 0.495 bits per heavy atom. The van der Waals surface area contributed by atoms with Gasteiger partial charge in [0.25, 0.3) is 0 Å². The minimum atomic E-state index is 0.579. The lowest BCUT2D eigenvalue weighted by atomic mass is 9.89. The Labute approximate surface area is 673 Å². The van der Waals surface area contributed by atoms with Crippen LogP contribution in [0, 0.1) is 11.8 Å². The summed E-state index contributed by atoms with van der Waals surface area (Å²) in [5, 5.41) is 41.2. The highest BCUT2D eigenvalue weighted by atomic mass is 79.9. The van der Waals surface area contributed by atoms with E-state index in [1.165, 1.54) is 11.1 Å². The molecular formula is C78H41Br10N15. The fraction of sp³-hybridized carbons (Fsp3) is 0. The molecule has 0 unspecified atom stereocenters. The maximum atomic E-state index is 8.19. The first kappa shape index (κ1) is 70.1. The number of azide groups is 1. The first-order chi connectivity index (χ1) is 50.3. The number of hydrogen-bond donors (Lipinski definition) is 0. The van der Waals surface area contributed by atoms with Gasteiger partial charge in [0, 0.05) is 105 Å². The summed E-state index contributed by atoms with van der Waals surface area (Å²) in [7, 11) is 0. The van der Waals surface area contributed by atoms with Crippen molar-refractivity contribution in [2.45, 2.75) is 0 Å². The van der Waals surface area contributed by atoms with E-state index in [0.29, 0.717) is 5.69 Å². The number of benzene rings is 11. The van der Waals surface area contributed by atoms with Crippen molar-refractivity contribution < 1.29 is 0 Å². The topological polar surface area (TPSA) is 172 Å². The van der Waals surface area contributed by atoms with Crippen LogP contribution in [0.15, 0.2) is 286 Å². The Bertz CT molecular complexity index is 5610. The summed E-state index contributed by atoms with van der Waals surface area (Å²) in [5.41, 5.74) is 31.0. The molecule has 0 spiro atoms. The van der Waals surface area contributed by atoms with Crippen LogP contribution in [0.25, 0.3) is 135 Å². The third-order valence-corrected chi connectivity index (χ3v) is 23.2. The Morgan fingerprint density at radius 1 is 0.272 bits per heavy atom. The molecule has 11 aromatic carbocycles. The van der Waals surface area contributed by atoms with Crippen LogP contribution in [0.4, 0.5) is 5.69 Å². The van der Waals surface area contributed by atoms with E-state index in [2.05, 4.69) is 287 Å². The molecule has 0 radical (unpaired) electrons. The number of halogens is 10. The smallest absolute Gasteiger partial charge is 0.122 e. The van der Waals surface area contributed by atoms with Crippen molar-refractivity contribution in [2.24, 2.45) is 5.11 Å². The zero-order valence-electron chi connectivity index (χ0n) is 52.7. The zero-order chi connectivity index (χ0) is 71.0. The van der Waals surface area contributed by atoms with Crippen molar-refractivity contribution in [1.29, 1.82) is 0 Å². The van der Waals surface area contributed by atoms with Crippen molar-refractivity contribution in [3.05, 3.63) is 314 Å². The van der Waals surface area contributed by atoms with Crippen LogP contribution in [0.5, 0.6) is 0 Å². The molecule has 0 N–H and O–H groups in total. The Kier molecular flexibility index (Phi) is 20.8. The van der Waals surface area contributed by atoms with E-state index in [0.717, 1.165) is 169 Å². The summed E-state index contributed by atoms with van der Waals surface area (Å²) in [4.78, 5) is 2.69. The van der Waals surface area contributed by atoms with Gasteiger partial charge in [0.15, 0.2) is 0 Å². The largest absolute Gasteiger partial charge is 0.210 e. The van der Waals surface area contributed by atoms with Crippen LogP contribution in [0.2, 0.25) is 0 Å². The van der Waals surface area contributed by atoms with Crippen LogP contribution in [-0.2, 0) is 0 Å². The fourth-order valence-electron chi connectivity index (χ4n) is 12.3. The third kappa shape index (κ3) is 13.5. The minimum absolute atomic E-state index is 0.579. The van der Waals surface area contributed by atoms with Crippen molar-refractivity contribution >= 4 is 177 Å². The van der Waals surface area contributed by atoms with E-state index in [-0.39, 0.29) is 0 Å². The van der Waals surface area contributed by atoms with Gasteiger partial charge in [0.2, 0.25) is 0 Å². The van der Waals surface area contributed by atoms with E-state index in [1.54, 1.807) is 0 Å². The normalized spacial score (nSPS) is 11.7. The van der Waals surface area contributed by atoms with E-state index in [9.17, 15) is 0 Å². The quantitative estimate of drug-likeness (QED) is 0.0709. The SMILES string of the molecule is Brc1cccc(Br)c1-n1nnc2c1-c1ccccc1-c1c(nnn1-c1c(Br)cccc1Br)-c1ccccc1-2.Brc1cccc(Br)c1-n1nnc2c1-c1ccccc1-c1nnn(-c3c(Br)cccc3Br)c1-c1ccccc1-2.C1#Cc2ccccc2/C=C\c2ccccc21.[N-]=[N+]=Nc1c(Br)cccc1Br. The maximum absolute atomic E-state index is 8.19. The highest BCUT2D eigenvalue weighted by Crippen LogP contribution is 2.51. The van der Waals surface area contributed by atoms with Crippen molar-refractivity contribution in [3.63, 3.8) is 0 Å². The number of fused-ring (bicyclic) bond motifs is 18. The van der Waals surface area contributed by atoms with Gasteiger partial charge in [-0.1, -0.05) is 246 Å². The summed E-state index contributed by atoms with van der Waals surface area (Å²) in [6, 6.07) is 78.6. The van der Waals surface area contributed by atoms with Crippen LogP contribution in [0.3, 0.4) is 0 Å². The zero-order valence-corrected chi connectivity index (χ0v) is 68.5. The third-order valence-electron chi connectivity index (χ3n) is 16.8. The van der Waals surface area contributed by atoms with Crippen LogP contribution >= 0.6 is 159 Å². The Morgan fingerprint density at radius 3 is 0.767 bits per heavy atom. The summed E-state index contributed by atoms with van der Waals surface area (Å²) in [5.74, 6) is 6.44. The molecule has 0 fully saturated rings. The van der Waals surface area contributed by atoms with Gasteiger partial charge < -0.3 is 0 Å². The second kappa shape index (κ2) is 30.6. The fourth-order valence-corrected chi connectivity index (χ4v) is 18.7. The number of hydrogen-bond acceptors (Lipinski definition) is 9. The van der Waals surface area contributed by atoms with E-state index < -0.39 is 0 Å². The van der Waals surface area contributed by atoms with Gasteiger partial charge in [-0.3, -0.25) is 0 Å². The standard InChI is InChI=1S/2C28H14Br4N6.C16H10.C6H3Br2N3/c29-19-11-5-12-20(30)27(19)37-25-17-9-3-1-7-15(17)23-26(18-10-4-2-8-16(18)24(25)34-36-37)38(35-33-23)28-21(31)13-6-14-22(28)32;29-19-11-5-12-20(30)27(19)37-25-17-9-3-4-10-18(17)26-24(16-8-2-1-7-15(16)23(25)33-35-37)34-36-38(26)28-21(31)13-6-14-22(28)32;1-2-6-14-11-12-16-8-4-3-7-15(16)10-9-13(14)5-1;7-4-2-1-3-5(8)6(4)10-11-9/h2*1-14H;1-10H;1-3H/b;;10-9-,13-9?,15-10?;. The average Bonchev–Trinajstić information content (AvgIpc) is 1.62. The van der Waals surface area contributed by atoms with Crippen LogP contribution in [0.1, 0.15) is 22.3 Å². The molecule has 0 saturated heterocycles. The van der Waals surface area contributed by atoms with Gasteiger partial charge in [0.05, 0.1) is 28.4 Å². The average molecular weight is 1990 g/mol. The second-order valence-corrected chi connectivity index (χ2v) is 31.3. The van der Waals surface area contributed by atoms with Gasteiger partial charge in [-0.2, -0.15) is 0 Å². The molecule has 0 atom stereocenters. The van der Waals surface area contributed by atoms with Gasteiger partial charge in [-0.15, -0.1) is 20.4 Å². The van der Waals surface area contributed by atoms with Crippen molar-refractivity contribution in [2.75, 3.05) is 0 Å². The lowest BCUT2D eigenvalue weighted by Crippen LogP contribution is -2.06. The molecule has 0 saturated carbocycles. The molecule has 4 aromatic heterocycles. The molecule has 498 valence electrons. The van der Waals surface area contributed by atoms with E-state index in [4.69, 9.17) is 25.9 Å². The van der Waals surface area contributed by atoms with Gasteiger partial charge in [0.1, 0.15) is 45.6 Å². The highest BCUT2D eigenvalue weighted by Gasteiger charge is 2.35. The van der Waals surface area contributed by atoms with Crippen LogP contribution in [-0.4, -0.2) is 60.0 Å². The molecule has 0 amide bonds. The Balaban J connectivity index is 0.000000123. The predicted octanol–water partition coefficient (Wildman–Crippen LogP) is 25.5. The molecular weight excluding hydrogens is 1950 g/mol. The lowest BCUT2D eigenvalue weighted by Gasteiger charge is -2.20. The maximum Gasteiger partial charge on any atom is 0.122 e. The molecule has 0 aliphatic heterocycles. The summed E-state index contributed by atoms with van der Waals surface area (Å²) in [6.45, 7) is 0. The molecule has 103 heavy (non-hydrogen) atoms. The molecule has 15 nitrogen and oxygen atoms in total. The number of rotatable bonds is 5. The molecule has 15 aromatic rings. The first-order valence-electron chi connectivity index (χ1n) is 31.1. The summed E-state index contributed by atoms with van der Waals surface area (Å²) >= 11 is 36.3. The number of aromatic nitrogens is 12. The highest BCUT2D eigenvalue weighted by molar-refractivity contribution is 9.12. The number of nitrogens with zero attached hydrogens (tertiary/aromatic N) is 15. The predicted molar refractivity (Wildman–Crippen MR) is 443 cm³/mol. The lowest BCUT2D eigenvalue weighted by molar-refractivity contribution is 0.799. The van der Waals surface area contributed by atoms with Crippen molar-refractivity contribution in [1.82, 2.24) is 60.0 Å². The number of para-hydroxylation sites is 4. The van der Waals surface area contributed by atoms with Gasteiger partial charge >= 0.3 is 0 Å². The van der Waals surface area contributed by atoms with Crippen molar-refractivity contribution in [3.8, 4) is 125 Å². The molecule has 3 aliphatic rings. The van der Waals surface area contributed by atoms with E-state index in [1.807, 2.05) is 183 Å². The first-order valence-corrected chi connectivity index (χ1v) is 39.1. The second-order valence-electron chi connectivity index (χ2n) is 22.8. The molecule has 3 aliphatic carbocycles. The monoisotopic (exact) mass is 1980 g/mol. The molecule has 4 heterocycles. The Hall–Kier alpha value is -8.61. The summed E-state index contributed by atoms with van der Waals surface area (Å²) < 4.78 is 16.3. The molecule has 0 bridgehead atoms. The van der Waals surface area contributed by atoms with Crippen LogP contribution < -0.4 is 0 Å². The molecule has 25 heteroatoms. The minimum Gasteiger partial charge on any atom is -0.210 e. The van der Waals surface area contributed by atoms with E-state index >= 15 is 0 Å². The van der Waals surface area contributed by atoms with Gasteiger partial charge in [-0.05, 0) is 217 Å². The summed E-state index contributed by atoms with van der Waals surface area (Å²) in [6.07, 6.45) is 4.25.